The summed E-state index contributed by atoms with van der Waals surface area (Å²) >= 11 is 6.13. The molecule has 2 saturated heterocycles. The zero-order valence-electron chi connectivity index (χ0n) is 11.4. The highest BCUT2D eigenvalue weighted by atomic mass is 35.5. The lowest BCUT2D eigenvalue weighted by Gasteiger charge is -2.36. The number of hydrogen-bond acceptors (Lipinski definition) is 3. The van der Waals surface area contributed by atoms with Gasteiger partial charge in [0.1, 0.15) is 5.54 Å². The lowest BCUT2D eigenvalue weighted by atomic mass is 9.78. The molecule has 3 aliphatic rings. The Morgan fingerprint density at radius 1 is 1.48 bits per heavy atom. The summed E-state index contributed by atoms with van der Waals surface area (Å²) in [6, 6.07) is 5.59. The average Bonchev–Trinajstić information content (AvgIpc) is 3.06. The van der Waals surface area contributed by atoms with Gasteiger partial charge in [0.05, 0.1) is 5.92 Å². The van der Waals surface area contributed by atoms with Gasteiger partial charge in [-0.3, -0.25) is 14.5 Å². The molecule has 0 aliphatic carbocycles. The highest BCUT2D eigenvalue weighted by molar-refractivity contribution is 6.31. The number of carbonyl (C=O) groups excluding carboxylic acids is 2. The zero-order chi connectivity index (χ0) is 14.8. The molecule has 0 saturated carbocycles. The van der Waals surface area contributed by atoms with Gasteiger partial charge in [-0.1, -0.05) is 11.6 Å². The van der Waals surface area contributed by atoms with Crippen LogP contribution in [0.3, 0.4) is 0 Å². The fraction of sp³-hybridized carbons (Fsp3) is 0.467. The first kappa shape index (κ1) is 13.1. The van der Waals surface area contributed by atoms with E-state index >= 15 is 0 Å². The number of primary amides is 1. The number of nitrogens with one attached hydrogen (secondary N) is 1. The van der Waals surface area contributed by atoms with E-state index in [2.05, 4.69) is 10.2 Å². The third-order valence-electron chi connectivity index (χ3n) is 5.17. The first-order valence-electron chi connectivity index (χ1n) is 7.22. The Morgan fingerprint density at radius 2 is 2.29 bits per heavy atom. The average molecular weight is 306 g/mol. The first-order chi connectivity index (χ1) is 10.0. The van der Waals surface area contributed by atoms with E-state index in [1.807, 2.05) is 0 Å². The quantitative estimate of drug-likeness (QED) is 0.825. The second-order valence-corrected chi connectivity index (χ2v) is 6.53. The van der Waals surface area contributed by atoms with Gasteiger partial charge < -0.3 is 11.1 Å². The van der Waals surface area contributed by atoms with Crippen molar-refractivity contribution in [3.8, 4) is 0 Å². The van der Waals surface area contributed by atoms with E-state index in [4.69, 9.17) is 17.3 Å². The first-order valence-corrected chi connectivity index (χ1v) is 7.60. The van der Waals surface area contributed by atoms with E-state index in [1.165, 1.54) is 0 Å². The maximum absolute atomic E-state index is 12.8. The Morgan fingerprint density at radius 3 is 3.05 bits per heavy atom. The summed E-state index contributed by atoms with van der Waals surface area (Å²) in [5.41, 5.74) is 6.21. The van der Waals surface area contributed by atoms with Gasteiger partial charge in [-0.25, -0.2) is 0 Å². The Balaban J connectivity index is 1.97. The van der Waals surface area contributed by atoms with Crippen LogP contribution in [0.1, 0.15) is 24.8 Å². The number of halogens is 1. The van der Waals surface area contributed by atoms with Crippen LogP contribution < -0.4 is 11.1 Å². The third-order valence-corrected chi connectivity index (χ3v) is 5.41. The molecule has 3 heterocycles. The molecule has 2 fully saturated rings. The van der Waals surface area contributed by atoms with E-state index in [1.54, 1.807) is 18.2 Å². The number of anilines is 1. The summed E-state index contributed by atoms with van der Waals surface area (Å²) < 4.78 is 0. The molecule has 3 aliphatic heterocycles. The van der Waals surface area contributed by atoms with Gasteiger partial charge in [-0.15, -0.1) is 0 Å². The molecule has 21 heavy (non-hydrogen) atoms. The van der Waals surface area contributed by atoms with Crippen molar-refractivity contribution in [3.63, 3.8) is 0 Å². The van der Waals surface area contributed by atoms with Gasteiger partial charge in [-0.2, -0.15) is 0 Å². The van der Waals surface area contributed by atoms with Gasteiger partial charge in [-0.05, 0) is 44.0 Å². The van der Waals surface area contributed by atoms with Crippen molar-refractivity contribution in [3.05, 3.63) is 28.8 Å². The number of hydrogen-bond donors (Lipinski definition) is 2. The Labute approximate surface area is 127 Å². The minimum absolute atomic E-state index is 0.145. The summed E-state index contributed by atoms with van der Waals surface area (Å²) in [7, 11) is 0. The molecule has 1 spiro atoms. The number of nitrogens with two attached hydrogens (primary N) is 1. The van der Waals surface area contributed by atoms with Gasteiger partial charge in [0.2, 0.25) is 11.8 Å². The fourth-order valence-corrected chi connectivity index (χ4v) is 4.59. The monoisotopic (exact) mass is 305 g/mol. The second-order valence-electron chi connectivity index (χ2n) is 6.09. The normalized spacial score (nSPS) is 34.0. The molecule has 0 radical (unpaired) electrons. The summed E-state index contributed by atoms with van der Waals surface area (Å²) in [6.45, 7) is 0.813. The molecule has 1 aromatic rings. The van der Waals surface area contributed by atoms with E-state index in [0.29, 0.717) is 11.4 Å². The molecule has 3 unspecified atom stereocenters. The van der Waals surface area contributed by atoms with Crippen molar-refractivity contribution in [1.82, 2.24) is 4.90 Å². The Bertz CT molecular complexity index is 662. The molecule has 1 aromatic carbocycles. The summed E-state index contributed by atoms with van der Waals surface area (Å²) in [5, 5.41) is 3.47. The van der Waals surface area contributed by atoms with E-state index in [9.17, 15) is 9.59 Å². The van der Waals surface area contributed by atoms with Crippen molar-refractivity contribution < 1.29 is 9.59 Å². The maximum Gasteiger partial charge on any atom is 0.250 e. The summed E-state index contributed by atoms with van der Waals surface area (Å²) in [4.78, 5) is 27.0. The zero-order valence-corrected chi connectivity index (χ0v) is 12.2. The minimum atomic E-state index is -0.965. The Kier molecular flexibility index (Phi) is 2.63. The number of carbonyl (C=O) groups is 2. The van der Waals surface area contributed by atoms with Crippen molar-refractivity contribution in [2.24, 2.45) is 11.7 Å². The van der Waals surface area contributed by atoms with Crippen LogP contribution in [-0.4, -0.2) is 29.3 Å². The van der Waals surface area contributed by atoms with E-state index in [-0.39, 0.29) is 11.9 Å². The van der Waals surface area contributed by atoms with Crippen molar-refractivity contribution in [2.75, 3.05) is 11.9 Å². The van der Waals surface area contributed by atoms with Crippen LogP contribution >= 0.6 is 11.6 Å². The largest absolute Gasteiger partial charge is 0.369 e. The van der Waals surface area contributed by atoms with Crippen LogP contribution in [0.4, 0.5) is 5.69 Å². The van der Waals surface area contributed by atoms with Gasteiger partial charge >= 0.3 is 0 Å². The summed E-state index contributed by atoms with van der Waals surface area (Å²) in [5.74, 6) is -1.05. The maximum atomic E-state index is 12.8. The third kappa shape index (κ3) is 1.50. The highest BCUT2D eigenvalue weighted by Gasteiger charge is 2.65. The fourth-order valence-electron chi connectivity index (χ4n) is 4.42. The van der Waals surface area contributed by atoms with E-state index in [0.717, 1.165) is 30.6 Å². The number of amides is 2. The standard InChI is InChI=1S/C15H16ClN3O2/c16-8-3-4-12-10(6-8)15(14(21)18-12)11(13(17)20)7-9-2-1-5-19(9)15/h3-4,6,9,11H,1-2,5,7H2,(H2,17,20)(H,18,21). The van der Waals surface area contributed by atoms with Crippen LogP contribution in [-0.2, 0) is 15.1 Å². The Hall–Kier alpha value is -1.59. The van der Waals surface area contributed by atoms with Crippen molar-refractivity contribution in [2.45, 2.75) is 30.8 Å². The van der Waals surface area contributed by atoms with Crippen molar-refractivity contribution >= 4 is 29.1 Å². The van der Waals surface area contributed by atoms with Crippen LogP contribution in [0.2, 0.25) is 5.02 Å². The van der Waals surface area contributed by atoms with Gasteiger partial charge in [0.25, 0.3) is 0 Å². The van der Waals surface area contributed by atoms with Gasteiger partial charge in [0, 0.05) is 22.3 Å². The lowest BCUT2D eigenvalue weighted by molar-refractivity contribution is -0.135. The second kappa shape index (κ2) is 4.21. The number of rotatable bonds is 1. The highest BCUT2D eigenvalue weighted by Crippen LogP contribution is 2.55. The SMILES string of the molecule is NC(=O)C1CC2CCCN2C12C(=O)Nc1ccc(Cl)cc12. The minimum Gasteiger partial charge on any atom is -0.369 e. The molecule has 110 valence electrons. The van der Waals surface area contributed by atoms with Crippen LogP contribution in [0.5, 0.6) is 0 Å². The van der Waals surface area contributed by atoms with Crippen LogP contribution in [0.25, 0.3) is 0 Å². The van der Waals surface area contributed by atoms with E-state index < -0.39 is 17.4 Å². The van der Waals surface area contributed by atoms with Crippen LogP contribution in [0, 0.1) is 5.92 Å². The molecule has 0 bridgehead atoms. The molecule has 2 amide bonds. The lowest BCUT2D eigenvalue weighted by Crippen LogP contribution is -2.53. The van der Waals surface area contributed by atoms with Crippen molar-refractivity contribution in [1.29, 1.82) is 0 Å². The predicted molar refractivity (Wildman–Crippen MR) is 78.8 cm³/mol. The smallest absolute Gasteiger partial charge is 0.250 e. The molecule has 3 atom stereocenters. The van der Waals surface area contributed by atoms with Crippen LogP contribution in [0.15, 0.2) is 18.2 Å². The topological polar surface area (TPSA) is 75.4 Å². The molecule has 6 heteroatoms. The molecular formula is C15H16ClN3O2. The van der Waals surface area contributed by atoms with Gasteiger partial charge in [0.15, 0.2) is 0 Å². The predicted octanol–water partition coefficient (Wildman–Crippen LogP) is 1.46. The summed E-state index contributed by atoms with van der Waals surface area (Å²) in [6.07, 6.45) is 2.70. The number of nitrogens with zero attached hydrogens (tertiary/aromatic N) is 1. The molecule has 4 rings (SSSR count). The molecule has 5 nitrogen and oxygen atoms in total. The molecular weight excluding hydrogens is 290 g/mol. The number of benzene rings is 1. The molecule has 3 N–H and O–H groups in total. The molecule has 0 aromatic heterocycles. The number of fused-ring (bicyclic) bond motifs is 4.